The fraction of sp³-hybridized carbons (Fsp3) is 0.579. The minimum Gasteiger partial charge on any atom is -0.486 e. The molecule has 0 unspecified atom stereocenters. The second-order valence-corrected chi connectivity index (χ2v) is 6.74. The summed E-state index contributed by atoms with van der Waals surface area (Å²) in [5.41, 5.74) is 0.207. The molecule has 0 bridgehead atoms. The minimum atomic E-state index is -4.96. The van der Waals surface area contributed by atoms with Gasteiger partial charge in [-0.15, -0.1) is 13.2 Å². The third-order valence-corrected chi connectivity index (χ3v) is 4.84. The minimum absolute atomic E-state index is 0.161. The lowest BCUT2D eigenvalue weighted by Gasteiger charge is -2.27. The molecule has 0 N–H and O–H groups in total. The fourth-order valence-corrected chi connectivity index (χ4v) is 2.90. The van der Waals surface area contributed by atoms with Gasteiger partial charge < -0.3 is 9.47 Å². The van der Waals surface area contributed by atoms with Crippen molar-refractivity contribution >= 4 is 0 Å². The lowest BCUT2D eigenvalue weighted by molar-refractivity contribution is -0.276. The highest BCUT2D eigenvalue weighted by atomic mass is 19.4. The maximum Gasteiger partial charge on any atom is 0.573 e. The summed E-state index contributed by atoms with van der Waals surface area (Å²) >= 11 is 0. The first-order chi connectivity index (χ1) is 11.9. The summed E-state index contributed by atoms with van der Waals surface area (Å²) in [6.07, 6.45) is 5.99. The maximum atomic E-state index is 14.6. The van der Waals surface area contributed by atoms with E-state index in [0.717, 1.165) is 19.3 Å². The van der Waals surface area contributed by atoms with Crippen LogP contribution in [0, 0.1) is 11.7 Å². The van der Waals surface area contributed by atoms with Crippen LogP contribution < -0.4 is 9.47 Å². The third kappa shape index (κ3) is 4.89. The number of hydrogen-bond acceptors (Lipinski definition) is 2. The number of rotatable bonds is 7. The van der Waals surface area contributed by atoms with E-state index in [1.165, 1.54) is 31.4 Å². The number of hydrogen-bond donors (Lipinski definition) is 0. The van der Waals surface area contributed by atoms with Gasteiger partial charge in [0.1, 0.15) is 0 Å². The quantitative estimate of drug-likeness (QED) is 0.443. The van der Waals surface area contributed by atoms with Crippen LogP contribution in [0.2, 0.25) is 0 Å². The van der Waals surface area contributed by atoms with Crippen molar-refractivity contribution in [1.82, 2.24) is 0 Å². The summed E-state index contributed by atoms with van der Waals surface area (Å²) in [6, 6.07) is 2.87. The SMILES string of the molecule is Fc1c(CC/C=C/C2CCC2)ccc(OC2CCC2)c1OC(F)(F)F. The number of alkyl halides is 3. The van der Waals surface area contributed by atoms with E-state index in [-0.39, 0.29) is 17.4 Å². The zero-order chi connectivity index (χ0) is 17.9. The molecule has 0 saturated heterocycles. The van der Waals surface area contributed by atoms with Gasteiger partial charge in [0.15, 0.2) is 11.6 Å². The largest absolute Gasteiger partial charge is 0.573 e. The Hall–Kier alpha value is -1.72. The molecule has 0 radical (unpaired) electrons. The molecule has 6 heteroatoms. The van der Waals surface area contributed by atoms with Gasteiger partial charge in [0.25, 0.3) is 0 Å². The van der Waals surface area contributed by atoms with Crippen LogP contribution >= 0.6 is 0 Å². The molecule has 0 aromatic heterocycles. The summed E-state index contributed by atoms with van der Waals surface area (Å²) in [4.78, 5) is 0. The van der Waals surface area contributed by atoms with Gasteiger partial charge >= 0.3 is 6.36 Å². The van der Waals surface area contributed by atoms with Crippen molar-refractivity contribution in [2.75, 3.05) is 0 Å². The first kappa shape index (κ1) is 18.1. The standard InChI is InChI=1S/C19H22F4O2/c20-17-14(8-2-1-5-13-6-3-7-13)11-12-16(24-15-9-4-10-15)18(17)25-19(21,22)23/h1,5,11-13,15H,2-4,6-10H2/b5-1+. The molecule has 2 nitrogen and oxygen atoms in total. The highest BCUT2D eigenvalue weighted by Crippen LogP contribution is 2.39. The van der Waals surface area contributed by atoms with Crippen molar-refractivity contribution in [2.24, 2.45) is 5.92 Å². The molecule has 0 atom stereocenters. The number of aryl methyl sites for hydroxylation is 1. The summed E-state index contributed by atoms with van der Waals surface area (Å²) < 4.78 is 61.9. The molecule has 1 aromatic rings. The van der Waals surface area contributed by atoms with E-state index in [2.05, 4.69) is 10.8 Å². The average Bonchev–Trinajstić information content (AvgIpc) is 2.44. The van der Waals surface area contributed by atoms with Crippen molar-refractivity contribution in [3.63, 3.8) is 0 Å². The second-order valence-electron chi connectivity index (χ2n) is 6.74. The Kier molecular flexibility index (Phi) is 5.54. The summed E-state index contributed by atoms with van der Waals surface area (Å²) in [5, 5.41) is 0. The van der Waals surface area contributed by atoms with Crippen LogP contribution in [0.25, 0.3) is 0 Å². The number of benzene rings is 1. The van der Waals surface area contributed by atoms with Gasteiger partial charge in [-0.25, -0.2) is 4.39 Å². The van der Waals surface area contributed by atoms with E-state index in [1.807, 2.05) is 6.08 Å². The molecule has 1 aromatic carbocycles. The van der Waals surface area contributed by atoms with Crippen molar-refractivity contribution in [3.05, 3.63) is 35.7 Å². The predicted octanol–water partition coefficient (Wildman–Crippen LogP) is 5.94. The molecule has 25 heavy (non-hydrogen) atoms. The van der Waals surface area contributed by atoms with E-state index in [1.54, 1.807) is 0 Å². The topological polar surface area (TPSA) is 18.5 Å². The molecule has 2 aliphatic rings. The smallest absolute Gasteiger partial charge is 0.486 e. The zero-order valence-corrected chi connectivity index (χ0v) is 13.9. The average molecular weight is 358 g/mol. The van der Waals surface area contributed by atoms with Crippen LogP contribution in [-0.2, 0) is 6.42 Å². The lowest BCUT2D eigenvalue weighted by atomic mass is 9.85. The Labute approximate surface area is 144 Å². The highest BCUT2D eigenvalue weighted by molar-refractivity contribution is 5.45. The Morgan fingerprint density at radius 2 is 1.80 bits per heavy atom. The molecule has 2 aliphatic carbocycles. The van der Waals surface area contributed by atoms with Crippen molar-refractivity contribution in [1.29, 1.82) is 0 Å². The molecule has 3 rings (SSSR count). The Bertz CT molecular complexity index is 617. The summed E-state index contributed by atoms with van der Waals surface area (Å²) in [5.74, 6) is -1.40. The van der Waals surface area contributed by atoms with Gasteiger partial charge in [0, 0.05) is 0 Å². The molecule has 0 spiro atoms. The van der Waals surface area contributed by atoms with Crippen LogP contribution in [0.4, 0.5) is 17.6 Å². The monoisotopic (exact) mass is 358 g/mol. The van der Waals surface area contributed by atoms with Gasteiger partial charge in [0.2, 0.25) is 5.75 Å². The molecule has 2 fully saturated rings. The van der Waals surface area contributed by atoms with E-state index < -0.39 is 17.9 Å². The fourth-order valence-electron chi connectivity index (χ4n) is 2.90. The maximum absolute atomic E-state index is 14.6. The van der Waals surface area contributed by atoms with Gasteiger partial charge in [-0.1, -0.05) is 24.6 Å². The van der Waals surface area contributed by atoms with Crippen molar-refractivity contribution in [3.8, 4) is 11.5 Å². The normalized spacial score (nSPS) is 18.9. The molecule has 0 amide bonds. The molecular weight excluding hydrogens is 336 g/mol. The number of ether oxygens (including phenoxy) is 2. The second kappa shape index (κ2) is 7.67. The molecule has 138 valence electrons. The highest BCUT2D eigenvalue weighted by Gasteiger charge is 2.35. The van der Waals surface area contributed by atoms with Crippen LogP contribution in [0.5, 0.6) is 11.5 Å². The predicted molar refractivity (Wildman–Crippen MR) is 86.2 cm³/mol. The van der Waals surface area contributed by atoms with Gasteiger partial charge in [0.05, 0.1) is 6.10 Å². The lowest BCUT2D eigenvalue weighted by Crippen LogP contribution is -2.26. The Morgan fingerprint density at radius 1 is 1.08 bits per heavy atom. The van der Waals surface area contributed by atoms with Crippen molar-refractivity contribution in [2.45, 2.75) is 63.8 Å². The molecule has 0 heterocycles. The summed E-state index contributed by atoms with van der Waals surface area (Å²) in [7, 11) is 0. The summed E-state index contributed by atoms with van der Waals surface area (Å²) in [6.45, 7) is 0. The van der Waals surface area contributed by atoms with Gasteiger partial charge in [-0.3, -0.25) is 0 Å². The van der Waals surface area contributed by atoms with E-state index >= 15 is 0 Å². The van der Waals surface area contributed by atoms with Crippen LogP contribution in [0.15, 0.2) is 24.3 Å². The number of allylic oxidation sites excluding steroid dienone is 2. The first-order valence-corrected chi connectivity index (χ1v) is 8.83. The van der Waals surface area contributed by atoms with Gasteiger partial charge in [-0.2, -0.15) is 0 Å². The van der Waals surface area contributed by atoms with Crippen molar-refractivity contribution < 1.29 is 27.0 Å². The first-order valence-electron chi connectivity index (χ1n) is 8.83. The van der Waals surface area contributed by atoms with Crippen LogP contribution in [0.3, 0.4) is 0 Å². The van der Waals surface area contributed by atoms with E-state index in [0.29, 0.717) is 18.8 Å². The van der Waals surface area contributed by atoms with Crippen LogP contribution in [-0.4, -0.2) is 12.5 Å². The van der Waals surface area contributed by atoms with E-state index in [4.69, 9.17) is 4.74 Å². The third-order valence-electron chi connectivity index (χ3n) is 4.84. The van der Waals surface area contributed by atoms with Crippen LogP contribution in [0.1, 0.15) is 50.5 Å². The Balaban J connectivity index is 1.71. The molecule has 2 saturated carbocycles. The molecular formula is C19H22F4O2. The van der Waals surface area contributed by atoms with E-state index in [9.17, 15) is 17.6 Å². The molecule has 0 aliphatic heterocycles. The zero-order valence-electron chi connectivity index (χ0n) is 13.9. The van der Waals surface area contributed by atoms with Gasteiger partial charge in [-0.05, 0) is 62.5 Å². The number of halogens is 4. The Morgan fingerprint density at radius 3 is 2.36 bits per heavy atom.